The molecule has 0 aliphatic carbocycles. The molecule has 0 amide bonds. The summed E-state index contributed by atoms with van der Waals surface area (Å²) >= 11 is 0. The predicted molar refractivity (Wildman–Crippen MR) is 42.4 cm³/mol. The lowest BCUT2D eigenvalue weighted by Gasteiger charge is -2.15. The molecule has 0 aliphatic rings. The SMILES string of the molecule is CC(=O)CN(CC(=O)O)CC(=O)O. The van der Waals surface area contributed by atoms with Crippen LogP contribution in [0.1, 0.15) is 6.92 Å². The Bertz CT molecular complexity index is 187. The van der Waals surface area contributed by atoms with Crippen molar-refractivity contribution in [3.63, 3.8) is 0 Å². The number of rotatable bonds is 6. The van der Waals surface area contributed by atoms with Gasteiger partial charge >= 0.3 is 11.9 Å². The minimum atomic E-state index is -1.15. The summed E-state index contributed by atoms with van der Waals surface area (Å²) in [7, 11) is 0. The molecular weight excluding hydrogens is 178 g/mol. The van der Waals surface area contributed by atoms with Crippen LogP contribution in [0.3, 0.4) is 0 Å². The second kappa shape index (κ2) is 5.26. The summed E-state index contributed by atoms with van der Waals surface area (Å²) in [5.74, 6) is -2.56. The highest BCUT2D eigenvalue weighted by Crippen LogP contribution is 1.88. The van der Waals surface area contributed by atoms with Crippen LogP contribution in [0, 0.1) is 0 Å². The van der Waals surface area contributed by atoms with Crippen LogP contribution >= 0.6 is 0 Å². The van der Waals surface area contributed by atoms with E-state index >= 15 is 0 Å². The van der Waals surface area contributed by atoms with Crippen LogP contribution in [0.5, 0.6) is 0 Å². The van der Waals surface area contributed by atoms with E-state index in [2.05, 4.69) is 0 Å². The lowest BCUT2D eigenvalue weighted by Crippen LogP contribution is -2.37. The first-order valence-corrected chi connectivity index (χ1v) is 3.57. The molecular formula is C7H11NO5. The van der Waals surface area contributed by atoms with Gasteiger partial charge in [0.15, 0.2) is 0 Å². The van der Waals surface area contributed by atoms with Crippen LogP contribution < -0.4 is 0 Å². The van der Waals surface area contributed by atoms with Gasteiger partial charge in [-0.3, -0.25) is 19.3 Å². The van der Waals surface area contributed by atoms with Gasteiger partial charge in [-0.1, -0.05) is 0 Å². The van der Waals surface area contributed by atoms with Crippen molar-refractivity contribution in [2.24, 2.45) is 0 Å². The van der Waals surface area contributed by atoms with Crippen LogP contribution in [-0.4, -0.2) is 52.5 Å². The number of carboxylic acid groups (broad SMARTS) is 2. The smallest absolute Gasteiger partial charge is 0.317 e. The Balaban J connectivity index is 4.10. The predicted octanol–water partition coefficient (Wildman–Crippen LogP) is -0.953. The number of nitrogens with zero attached hydrogens (tertiary/aromatic N) is 1. The number of carbonyl (C=O) groups is 3. The van der Waals surface area contributed by atoms with Crippen LogP contribution in [-0.2, 0) is 14.4 Å². The van der Waals surface area contributed by atoms with Crippen LogP contribution in [0.15, 0.2) is 0 Å². The molecule has 0 rings (SSSR count). The van der Waals surface area contributed by atoms with Crippen molar-refractivity contribution in [3.05, 3.63) is 0 Å². The minimum Gasteiger partial charge on any atom is -0.480 e. The molecule has 0 bridgehead atoms. The van der Waals surface area contributed by atoms with Gasteiger partial charge in [0, 0.05) is 0 Å². The van der Waals surface area contributed by atoms with Gasteiger partial charge in [-0.15, -0.1) is 0 Å². The molecule has 0 atom stereocenters. The Morgan fingerprint density at radius 3 is 1.62 bits per heavy atom. The van der Waals surface area contributed by atoms with E-state index in [1.54, 1.807) is 0 Å². The summed E-state index contributed by atoms with van der Waals surface area (Å²) in [6, 6.07) is 0. The fraction of sp³-hybridized carbons (Fsp3) is 0.571. The van der Waals surface area contributed by atoms with E-state index in [1.807, 2.05) is 0 Å². The van der Waals surface area contributed by atoms with Crippen molar-refractivity contribution in [1.82, 2.24) is 4.90 Å². The van der Waals surface area contributed by atoms with E-state index in [0.717, 1.165) is 4.90 Å². The molecule has 0 aromatic heterocycles. The second-order valence-corrected chi connectivity index (χ2v) is 2.63. The molecule has 0 radical (unpaired) electrons. The monoisotopic (exact) mass is 189 g/mol. The first-order valence-electron chi connectivity index (χ1n) is 3.57. The number of hydrogen-bond acceptors (Lipinski definition) is 4. The maximum atomic E-state index is 10.6. The van der Waals surface area contributed by atoms with Gasteiger partial charge in [-0.25, -0.2) is 0 Å². The lowest BCUT2D eigenvalue weighted by molar-refractivity contribution is -0.142. The molecule has 0 heterocycles. The summed E-state index contributed by atoms with van der Waals surface area (Å²) in [5.41, 5.74) is 0. The Labute approximate surface area is 74.8 Å². The molecule has 13 heavy (non-hydrogen) atoms. The van der Waals surface area contributed by atoms with Crippen LogP contribution in [0.25, 0.3) is 0 Å². The number of carbonyl (C=O) groups excluding carboxylic acids is 1. The van der Waals surface area contributed by atoms with E-state index in [-0.39, 0.29) is 12.3 Å². The Morgan fingerprint density at radius 2 is 1.38 bits per heavy atom. The highest BCUT2D eigenvalue weighted by Gasteiger charge is 2.14. The molecule has 0 aromatic rings. The Kier molecular flexibility index (Phi) is 4.68. The van der Waals surface area contributed by atoms with E-state index < -0.39 is 25.0 Å². The highest BCUT2D eigenvalue weighted by molar-refractivity contribution is 5.80. The molecule has 0 aliphatic heterocycles. The first kappa shape index (κ1) is 11.6. The van der Waals surface area contributed by atoms with E-state index in [4.69, 9.17) is 10.2 Å². The third-order valence-corrected chi connectivity index (χ3v) is 1.16. The van der Waals surface area contributed by atoms with Crippen molar-refractivity contribution in [2.45, 2.75) is 6.92 Å². The normalized spacial score (nSPS) is 10.0. The summed E-state index contributed by atoms with van der Waals surface area (Å²) < 4.78 is 0. The third kappa shape index (κ3) is 6.95. The third-order valence-electron chi connectivity index (χ3n) is 1.16. The van der Waals surface area contributed by atoms with Crippen LogP contribution in [0.4, 0.5) is 0 Å². The number of Topliss-reactive ketones (excluding diaryl/α,β-unsaturated/α-hetero) is 1. The topological polar surface area (TPSA) is 94.9 Å². The van der Waals surface area contributed by atoms with Crippen LogP contribution in [0.2, 0.25) is 0 Å². The van der Waals surface area contributed by atoms with Gasteiger partial charge in [0.25, 0.3) is 0 Å². The van der Waals surface area contributed by atoms with Gasteiger partial charge in [0.1, 0.15) is 5.78 Å². The zero-order valence-corrected chi connectivity index (χ0v) is 7.19. The molecule has 2 N–H and O–H groups in total. The number of ketones is 1. The fourth-order valence-electron chi connectivity index (χ4n) is 0.865. The van der Waals surface area contributed by atoms with Crippen molar-refractivity contribution < 1.29 is 24.6 Å². The quantitative estimate of drug-likeness (QED) is 0.559. The zero-order valence-electron chi connectivity index (χ0n) is 7.19. The average molecular weight is 189 g/mol. The molecule has 74 valence electrons. The fourth-order valence-corrected chi connectivity index (χ4v) is 0.865. The molecule has 0 aromatic carbocycles. The van der Waals surface area contributed by atoms with Gasteiger partial charge < -0.3 is 10.2 Å². The summed E-state index contributed by atoms with van der Waals surface area (Å²) in [5, 5.41) is 16.7. The highest BCUT2D eigenvalue weighted by atomic mass is 16.4. The van der Waals surface area contributed by atoms with Gasteiger partial charge in [0.2, 0.25) is 0 Å². The molecule has 0 spiro atoms. The second-order valence-electron chi connectivity index (χ2n) is 2.63. The first-order chi connectivity index (χ1) is 5.91. The Morgan fingerprint density at radius 1 is 1.00 bits per heavy atom. The van der Waals surface area contributed by atoms with Gasteiger partial charge in [-0.05, 0) is 6.92 Å². The van der Waals surface area contributed by atoms with Gasteiger partial charge in [0.05, 0.1) is 19.6 Å². The van der Waals surface area contributed by atoms with E-state index in [0.29, 0.717) is 0 Å². The number of aliphatic carboxylic acids is 2. The zero-order chi connectivity index (χ0) is 10.4. The van der Waals surface area contributed by atoms with E-state index in [9.17, 15) is 14.4 Å². The summed E-state index contributed by atoms with van der Waals surface area (Å²) in [6.07, 6.45) is 0. The van der Waals surface area contributed by atoms with Gasteiger partial charge in [-0.2, -0.15) is 0 Å². The van der Waals surface area contributed by atoms with E-state index in [1.165, 1.54) is 6.92 Å². The molecule has 0 unspecified atom stereocenters. The average Bonchev–Trinajstić information content (AvgIpc) is 1.80. The lowest BCUT2D eigenvalue weighted by atomic mass is 10.3. The number of carboxylic acids is 2. The summed E-state index contributed by atoms with van der Waals surface area (Å²) in [4.78, 5) is 32.1. The van der Waals surface area contributed by atoms with Crippen molar-refractivity contribution >= 4 is 17.7 Å². The molecule has 6 nitrogen and oxygen atoms in total. The minimum absolute atomic E-state index is 0.154. The maximum absolute atomic E-state index is 10.6. The van der Waals surface area contributed by atoms with Crippen molar-refractivity contribution in [1.29, 1.82) is 0 Å². The standard InChI is InChI=1S/C7H11NO5/c1-5(9)2-8(3-6(10)11)4-7(12)13/h2-4H2,1H3,(H,10,11)(H,12,13). The van der Waals surface area contributed by atoms with Crippen molar-refractivity contribution in [3.8, 4) is 0 Å². The largest absolute Gasteiger partial charge is 0.480 e. The molecule has 0 saturated heterocycles. The summed E-state index contributed by atoms with van der Waals surface area (Å²) in [6.45, 7) is 0.243. The van der Waals surface area contributed by atoms with Crippen molar-refractivity contribution in [2.75, 3.05) is 19.6 Å². The number of hydrogen-bond donors (Lipinski definition) is 2. The maximum Gasteiger partial charge on any atom is 0.317 e. The molecule has 0 saturated carbocycles. The molecule has 6 heteroatoms. The Hall–Kier alpha value is -1.43. The molecule has 0 fully saturated rings.